The van der Waals surface area contributed by atoms with E-state index in [2.05, 4.69) is 9.97 Å². The highest BCUT2D eigenvalue weighted by atomic mass is 14.8. The molecule has 1 aliphatic rings. The van der Waals surface area contributed by atoms with Crippen molar-refractivity contribution in [3.63, 3.8) is 0 Å². The number of nitrogens with zero attached hydrogens (tertiary/aromatic N) is 2. The average Bonchev–Trinajstić information content (AvgIpc) is 2.83. The van der Waals surface area contributed by atoms with Crippen LogP contribution in [0.2, 0.25) is 0 Å². The highest BCUT2D eigenvalue weighted by molar-refractivity contribution is 5.11. The molecule has 0 bridgehead atoms. The lowest BCUT2D eigenvalue weighted by molar-refractivity contribution is 0.600. The van der Waals surface area contributed by atoms with Crippen LogP contribution in [0.4, 0.5) is 0 Å². The van der Waals surface area contributed by atoms with E-state index in [1.165, 1.54) is 12.8 Å². The Hall–Kier alpha value is -0.960. The molecule has 1 aromatic heterocycles. The maximum absolute atomic E-state index is 6.00. The lowest BCUT2D eigenvalue weighted by atomic mass is 10.1. The van der Waals surface area contributed by atoms with Gasteiger partial charge in [-0.2, -0.15) is 0 Å². The van der Waals surface area contributed by atoms with E-state index in [1.54, 1.807) is 12.4 Å². The number of hydrogen-bond acceptors (Lipinski definition) is 3. The maximum atomic E-state index is 6.00. The van der Waals surface area contributed by atoms with Gasteiger partial charge in [0.05, 0.1) is 11.4 Å². The van der Waals surface area contributed by atoms with Gasteiger partial charge in [0.1, 0.15) is 0 Å². The summed E-state index contributed by atoms with van der Waals surface area (Å²) in [4.78, 5) is 8.49. The second kappa shape index (κ2) is 3.07. The maximum Gasteiger partial charge on any atom is 0.0616 e. The molecule has 2 N–H and O–H groups in total. The quantitative estimate of drug-likeness (QED) is 0.755. The van der Waals surface area contributed by atoms with E-state index < -0.39 is 0 Å². The first-order valence-electron chi connectivity index (χ1n) is 4.75. The summed E-state index contributed by atoms with van der Waals surface area (Å²) in [6.07, 6.45) is 7.84. The van der Waals surface area contributed by atoms with Crippen LogP contribution in [0, 0.1) is 6.92 Å². The van der Waals surface area contributed by atoms with Crippen molar-refractivity contribution < 1.29 is 0 Å². The summed E-state index contributed by atoms with van der Waals surface area (Å²) in [6, 6.07) is 0. The monoisotopic (exact) mass is 177 g/mol. The Bertz CT molecular complexity index is 305. The number of aromatic nitrogens is 2. The molecule has 3 heteroatoms. The van der Waals surface area contributed by atoms with Crippen molar-refractivity contribution in [2.75, 3.05) is 0 Å². The molecule has 0 radical (unpaired) electrons. The Morgan fingerprint density at radius 2 is 2.08 bits per heavy atom. The van der Waals surface area contributed by atoms with Crippen LogP contribution in [0.1, 0.15) is 30.7 Å². The molecule has 13 heavy (non-hydrogen) atoms. The molecule has 0 aliphatic heterocycles. The lowest BCUT2D eigenvalue weighted by Gasteiger charge is -2.08. The molecule has 0 saturated heterocycles. The van der Waals surface area contributed by atoms with Crippen LogP contribution >= 0.6 is 0 Å². The van der Waals surface area contributed by atoms with Gasteiger partial charge in [-0.05, 0) is 32.6 Å². The summed E-state index contributed by atoms with van der Waals surface area (Å²) in [5.74, 6) is 0. The minimum atomic E-state index is 0.129. The number of aryl methyl sites for hydroxylation is 2. The third-order valence-electron chi connectivity index (χ3n) is 2.73. The molecular weight excluding hydrogens is 162 g/mol. The molecule has 0 atom stereocenters. The number of hydrogen-bond donors (Lipinski definition) is 1. The average molecular weight is 177 g/mol. The zero-order valence-electron chi connectivity index (χ0n) is 7.95. The Kier molecular flexibility index (Phi) is 2.04. The molecule has 1 fully saturated rings. The van der Waals surface area contributed by atoms with E-state index in [0.717, 1.165) is 24.2 Å². The zero-order chi connectivity index (χ0) is 9.31. The van der Waals surface area contributed by atoms with Crippen molar-refractivity contribution in [1.29, 1.82) is 0 Å². The Morgan fingerprint density at radius 3 is 2.69 bits per heavy atom. The van der Waals surface area contributed by atoms with Crippen LogP contribution < -0.4 is 5.73 Å². The van der Waals surface area contributed by atoms with E-state index in [1.807, 2.05) is 6.92 Å². The van der Waals surface area contributed by atoms with Gasteiger partial charge < -0.3 is 5.73 Å². The predicted molar refractivity (Wildman–Crippen MR) is 51.2 cm³/mol. The van der Waals surface area contributed by atoms with Gasteiger partial charge in [-0.25, -0.2) is 0 Å². The van der Waals surface area contributed by atoms with Gasteiger partial charge in [0, 0.05) is 17.9 Å². The van der Waals surface area contributed by atoms with Crippen molar-refractivity contribution in [2.45, 2.75) is 38.1 Å². The third kappa shape index (κ3) is 2.04. The van der Waals surface area contributed by atoms with Crippen LogP contribution in [-0.4, -0.2) is 15.5 Å². The molecule has 1 aliphatic carbocycles. The second-order valence-electron chi connectivity index (χ2n) is 3.95. The first kappa shape index (κ1) is 8.63. The summed E-state index contributed by atoms with van der Waals surface area (Å²) in [5.41, 5.74) is 8.26. The van der Waals surface area contributed by atoms with E-state index >= 15 is 0 Å². The van der Waals surface area contributed by atoms with Gasteiger partial charge in [0.25, 0.3) is 0 Å². The van der Waals surface area contributed by atoms with Gasteiger partial charge in [-0.15, -0.1) is 0 Å². The van der Waals surface area contributed by atoms with E-state index in [-0.39, 0.29) is 5.54 Å². The minimum absolute atomic E-state index is 0.129. The molecule has 3 nitrogen and oxygen atoms in total. The van der Waals surface area contributed by atoms with Gasteiger partial charge in [0.2, 0.25) is 0 Å². The Labute approximate surface area is 78.4 Å². The van der Waals surface area contributed by atoms with Crippen molar-refractivity contribution in [1.82, 2.24) is 9.97 Å². The van der Waals surface area contributed by atoms with E-state index in [4.69, 9.17) is 5.73 Å². The van der Waals surface area contributed by atoms with Gasteiger partial charge in [-0.3, -0.25) is 9.97 Å². The molecule has 70 valence electrons. The van der Waals surface area contributed by atoms with Crippen LogP contribution in [0.5, 0.6) is 0 Å². The summed E-state index contributed by atoms with van der Waals surface area (Å²) in [6.45, 7) is 2.00. The second-order valence-corrected chi connectivity index (χ2v) is 3.95. The predicted octanol–water partition coefficient (Wildman–Crippen LogP) is 1.21. The van der Waals surface area contributed by atoms with Crippen LogP contribution in [-0.2, 0) is 6.42 Å². The first-order valence-corrected chi connectivity index (χ1v) is 4.75. The molecule has 0 amide bonds. The fourth-order valence-corrected chi connectivity index (χ4v) is 1.46. The highest BCUT2D eigenvalue weighted by Gasteiger charge is 2.37. The van der Waals surface area contributed by atoms with Gasteiger partial charge in [0.15, 0.2) is 0 Å². The van der Waals surface area contributed by atoms with Crippen LogP contribution in [0.3, 0.4) is 0 Å². The van der Waals surface area contributed by atoms with Crippen molar-refractivity contribution in [2.24, 2.45) is 5.73 Å². The zero-order valence-corrected chi connectivity index (χ0v) is 7.95. The molecular formula is C10H15N3. The fraction of sp³-hybridized carbons (Fsp3) is 0.600. The molecule has 2 rings (SSSR count). The number of nitrogens with two attached hydrogens (primary N) is 1. The molecule has 0 aromatic carbocycles. The normalized spacial score (nSPS) is 18.6. The third-order valence-corrected chi connectivity index (χ3v) is 2.73. The lowest BCUT2D eigenvalue weighted by Crippen LogP contribution is -2.22. The Balaban J connectivity index is 1.97. The van der Waals surface area contributed by atoms with Crippen LogP contribution in [0.25, 0.3) is 0 Å². The molecule has 1 aromatic rings. The molecule has 0 spiro atoms. The van der Waals surface area contributed by atoms with Gasteiger partial charge >= 0.3 is 0 Å². The first-order chi connectivity index (χ1) is 6.20. The summed E-state index contributed by atoms with van der Waals surface area (Å²) in [7, 11) is 0. The van der Waals surface area contributed by atoms with Crippen molar-refractivity contribution >= 4 is 0 Å². The number of rotatable bonds is 3. The topological polar surface area (TPSA) is 51.8 Å². The SMILES string of the molecule is Cc1nccnc1CCC1(N)CC1. The largest absolute Gasteiger partial charge is 0.325 e. The molecule has 0 unspecified atom stereocenters. The Morgan fingerprint density at radius 1 is 1.38 bits per heavy atom. The minimum Gasteiger partial charge on any atom is -0.325 e. The van der Waals surface area contributed by atoms with Gasteiger partial charge in [-0.1, -0.05) is 0 Å². The standard InChI is InChI=1S/C10H15N3/c1-8-9(13-7-6-12-8)2-3-10(11)4-5-10/h6-7H,2-5,11H2,1H3. The van der Waals surface area contributed by atoms with Crippen molar-refractivity contribution in [3.05, 3.63) is 23.8 Å². The summed E-state index contributed by atoms with van der Waals surface area (Å²) < 4.78 is 0. The molecule has 1 saturated carbocycles. The summed E-state index contributed by atoms with van der Waals surface area (Å²) in [5, 5.41) is 0. The van der Waals surface area contributed by atoms with E-state index in [9.17, 15) is 0 Å². The molecule has 1 heterocycles. The van der Waals surface area contributed by atoms with Crippen LogP contribution in [0.15, 0.2) is 12.4 Å². The highest BCUT2D eigenvalue weighted by Crippen LogP contribution is 2.36. The van der Waals surface area contributed by atoms with E-state index in [0.29, 0.717) is 0 Å². The smallest absolute Gasteiger partial charge is 0.0616 e. The summed E-state index contributed by atoms with van der Waals surface area (Å²) >= 11 is 0. The van der Waals surface area contributed by atoms with Crippen molar-refractivity contribution in [3.8, 4) is 0 Å². The fourth-order valence-electron chi connectivity index (χ4n) is 1.46.